The van der Waals surface area contributed by atoms with Gasteiger partial charge in [0, 0.05) is 44.0 Å². The Morgan fingerprint density at radius 2 is 1.80 bits per heavy atom. The van der Waals surface area contributed by atoms with E-state index in [0.717, 1.165) is 43.3 Å². The molecule has 10 nitrogen and oxygen atoms in total. The van der Waals surface area contributed by atoms with E-state index in [9.17, 15) is 8.42 Å². The molecule has 5 rings (SSSR count). The fourth-order valence-corrected chi connectivity index (χ4v) is 5.98. The van der Waals surface area contributed by atoms with Crippen LogP contribution in [-0.4, -0.2) is 69.2 Å². The summed E-state index contributed by atoms with van der Waals surface area (Å²) in [5.74, 6) is 1.92. The highest BCUT2D eigenvalue weighted by atomic mass is 35.5. The molecule has 3 aromatic rings. The predicted octanol–water partition coefficient (Wildman–Crippen LogP) is 4.84. The van der Waals surface area contributed by atoms with Crippen molar-refractivity contribution in [1.82, 2.24) is 19.6 Å². The number of hydrogen-bond acceptors (Lipinski definition) is 9. The molecule has 12 heteroatoms. The first-order valence-corrected chi connectivity index (χ1v) is 15.4. The van der Waals surface area contributed by atoms with E-state index in [1.165, 1.54) is 25.1 Å². The summed E-state index contributed by atoms with van der Waals surface area (Å²) < 4.78 is 34.7. The van der Waals surface area contributed by atoms with Crippen LogP contribution in [0.3, 0.4) is 0 Å². The van der Waals surface area contributed by atoms with Crippen LogP contribution in [0.4, 0.5) is 28.8 Å². The van der Waals surface area contributed by atoms with Crippen molar-refractivity contribution in [2.24, 2.45) is 5.92 Å². The maximum absolute atomic E-state index is 12.9. The van der Waals surface area contributed by atoms with Crippen molar-refractivity contribution < 1.29 is 13.2 Å². The molecule has 1 aliphatic heterocycles. The molecule has 214 valence electrons. The van der Waals surface area contributed by atoms with Gasteiger partial charge in [-0.3, -0.25) is 0 Å². The molecular formula is C28H36ClN7O3S. The monoisotopic (exact) mass is 585 g/mol. The van der Waals surface area contributed by atoms with Gasteiger partial charge in [-0.15, -0.1) is 0 Å². The number of sulfonamides is 1. The summed E-state index contributed by atoms with van der Waals surface area (Å²) in [6.45, 7) is 8.18. The molecule has 1 aliphatic carbocycles. The molecule has 0 spiro atoms. The fourth-order valence-electron chi connectivity index (χ4n) is 4.43. The number of rotatable bonds is 11. The number of ether oxygens (including phenoxy) is 1. The molecule has 2 aliphatic rings. The van der Waals surface area contributed by atoms with E-state index in [1.54, 1.807) is 32.0 Å². The molecule has 2 heterocycles. The molecule has 0 bridgehead atoms. The zero-order valence-electron chi connectivity index (χ0n) is 23.0. The summed E-state index contributed by atoms with van der Waals surface area (Å²) >= 11 is 6.43. The van der Waals surface area contributed by atoms with Gasteiger partial charge in [0.2, 0.25) is 16.0 Å². The highest BCUT2D eigenvalue weighted by molar-refractivity contribution is 7.89. The van der Waals surface area contributed by atoms with Crippen molar-refractivity contribution in [1.29, 1.82) is 0 Å². The average molecular weight is 586 g/mol. The Morgan fingerprint density at radius 1 is 1.05 bits per heavy atom. The molecule has 3 N–H and O–H groups in total. The third-order valence-electron chi connectivity index (χ3n) is 6.82. The van der Waals surface area contributed by atoms with Gasteiger partial charge in [0.25, 0.3) is 0 Å². The van der Waals surface area contributed by atoms with Gasteiger partial charge in [0.05, 0.1) is 24.2 Å². The highest BCUT2D eigenvalue weighted by Gasteiger charge is 2.24. The minimum absolute atomic E-state index is 0.100. The number of benzene rings is 2. The van der Waals surface area contributed by atoms with Crippen LogP contribution >= 0.6 is 11.6 Å². The number of anilines is 5. The van der Waals surface area contributed by atoms with Gasteiger partial charge < -0.3 is 25.2 Å². The Kier molecular flexibility index (Phi) is 8.65. The third kappa shape index (κ3) is 7.14. The molecule has 2 fully saturated rings. The maximum atomic E-state index is 12.9. The minimum atomic E-state index is -3.75. The Morgan fingerprint density at radius 3 is 2.52 bits per heavy atom. The van der Waals surface area contributed by atoms with E-state index in [4.69, 9.17) is 16.3 Å². The first kappa shape index (κ1) is 28.4. The van der Waals surface area contributed by atoms with E-state index in [0.29, 0.717) is 24.2 Å². The summed E-state index contributed by atoms with van der Waals surface area (Å²) in [4.78, 5) is 13.7. The maximum Gasteiger partial charge on any atom is 0.242 e. The molecular weight excluding hydrogens is 550 g/mol. The lowest BCUT2D eigenvalue weighted by atomic mass is 10.2. The summed E-state index contributed by atoms with van der Waals surface area (Å²) in [6.07, 6.45) is 3.87. The van der Waals surface area contributed by atoms with Crippen LogP contribution in [0, 0.1) is 5.92 Å². The van der Waals surface area contributed by atoms with Crippen LogP contribution in [0.5, 0.6) is 5.75 Å². The topological polar surface area (TPSA) is 112 Å². The zero-order valence-corrected chi connectivity index (χ0v) is 24.6. The van der Waals surface area contributed by atoms with Crippen molar-refractivity contribution in [3.05, 3.63) is 53.7 Å². The number of halogens is 1. The predicted molar refractivity (Wildman–Crippen MR) is 160 cm³/mol. The summed E-state index contributed by atoms with van der Waals surface area (Å²) in [5, 5.41) is 6.61. The van der Waals surface area contributed by atoms with Crippen LogP contribution in [0.1, 0.15) is 26.7 Å². The Balaban J connectivity index is 1.39. The average Bonchev–Trinajstić information content (AvgIpc) is 3.75. The summed E-state index contributed by atoms with van der Waals surface area (Å²) in [5.41, 5.74) is 2.22. The molecule has 0 radical (unpaired) electrons. The van der Waals surface area contributed by atoms with E-state index < -0.39 is 10.0 Å². The van der Waals surface area contributed by atoms with Crippen LogP contribution in [0.15, 0.2) is 53.6 Å². The summed E-state index contributed by atoms with van der Waals surface area (Å²) in [7, 11) is -1.61. The molecule has 1 aromatic heterocycles. The number of hydrogen-bond donors (Lipinski definition) is 3. The molecule has 2 aromatic carbocycles. The number of para-hydroxylation sites is 1. The van der Waals surface area contributed by atoms with Crippen molar-refractivity contribution >= 4 is 50.5 Å². The van der Waals surface area contributed by atoms with Gasteiger partial charge in [-0.05, 0) is 63.9 Å². The highest BCUT2D eigenvalue weighted by Crippen LogP contribution is 2.36. The number of piperazine rings is 1. The lowest BCUT2D eigenvalue weighted by molar-refractivity contribution is 0.300. The largest absolute Gasteiger partial charge is 0.491 e. The molecule has 1 saturated carbocycles. The molecule has 0 atom stereocenters. The van der Waals surface area contributed by atoms with E-state index in [-0.39, 0.29) is 21.8 Å². The number of likely N-dealkylation sites (N-methyl/N-ethyl adjacent to an activating group) is 1. The normalized spacial score (nSPS) is 16.3. The third-order valence-corrected chi connectivity index (χ3v) is 8.81. The van der Waals surface area contributed by atoms with Crippen molar-refractivity contribution in [3.8, 4) is 5.75 Å². The zero-order chi connectivity index (χ0) is 28.3. The fraction of sp³-hybridized carbons (Fsp3) is 0.429. The number of nitrogens with zero attached hydrogens (tertiary/aromatic N) is 4. The second-order valence-electron chi connectivity index (χ2n) is 10.6. The van der Waals surface area contributed by atoms with Crippen LogP contribution < -0.4 is 25.0 Å². The second-order valence-corrected chi connectivity index (χ2v) is 12.7. The van der Waals surface area contributed by atoms with Crippen LogP contribution in [0.25, 0.3) is 0 Å². The molecule has 0 amide bonds. The van der Waals surface area contributed by atoms with E-state index >= 15 is 0 Å². The van der Waals surface area contributed by atoms with E-state index in [1.807, 2.05) is 6.07 Å². The lowest BCUT2D eigenvalue weighted by Crippen LogP contribution is -2.44. The van der Waals surface area contributed by atoms with Gasteiger partial charge in [-0.25, -0.2) is 18.1 Å². The minimum Gasteiger partial charge on any atom is -0.491 e. The smallest absolute Gasteiger partial charge is 0.242 e. The quantitative estimate of drug-likeness (QED) is 0.291. The SMILES string of the molecule is CC(C)NS(=O)(=O)c1ccccc1Nc1nc(Nc2ccc(N3CCN(C)CC3)cc2OCC2CC2)ncc1Cl. The Labute approximate surface area is 241 Å². The Hall–Kier alpha value is -3.12. The van der Waals surface area contributed by atoms with Crippen molar-refractivity contribution in [3.63, 3.8) is 0 Å². The lowest BCUT2D eigenvalue weighted by Gasteiger charge is -2.34. The van der Waals surface area contributed by atoms with Gasteiger partial charge in [0.15, 0.2) is 5.82 Å². The van der Waals surface area contributed by atoms with Gasteiger partial charge in [0.1, 0.15) is 15.7 Å². The van der Waals surface area contributed by atoms with Gasteiger partial charge in [-0.1, -0.05) is 23.7 Å². The number of aromatic nitrogens is 2. The molecule has 0 unspecified atom stereocenters. The van der Waals surface area contributed by atoms with Gasteiger partial charge in [-0.2, -0.15) is 4.98 Å². The van der Waals surface area contributed by atoms with Crippen molar-refractivity contribution in [2.45, 2.75) is 37.6 Å². The second kappa shape index (κ2) is 12.2. The van der Waals surface area contributed by atoms with Crippen LogP contribution in [-0.2, 0) is 10.0 Å². The standard InChI is InChI=1S/C28H36ClN7O3S/c1-19(2)34-40(37,38)26-7-5-4-6-24(26)31-27-22(29)17-30-28(33-27)32-23-11-10-21(36-14-12-35(3)13-15-36)16-25(23)39-18-20-8-9-20/h4-7,10-11,16-17,19-20,34H,8-9,12-15,18H2,1-3H3,(H2,30,31,32,33). The Bertz CT molecular complexity index is 1440. The summed E-state index contributed by atoms with van der Waals surface area (Å²) in [6, 6.07) is 12.5. The number of nitrogens with one attached hydrogen (secondary N) is 3. The van der Waals surface area contributed by atoms with E-state index in [2.05, 4.69) is 54.3 Å². The molecule has 1 saturated heterocycles. The molecule has 40 heavy (non-hydrogen) atoms. The first-order chi connectivity index (χ1) is 19.2. The van der Waals surface area contributed by atoms with Crippen LogP contribution in [0.2, 0.25) is 5.02 Å². The van der Waals surface area contributed by atoms with Crippen molar-refractivity contribution in [2.75, 3.05) is 55.4 Å². The first-order valence-electron chi connectivity index (χ1n) is 13.6. The van der Waals surface area contributed by atoms with Gasteiger partial charge >= 0.3 is 0 Å².